The molecule has 3 aromatic carbocycles. The number of hydrogen-bond acceptors (Lipinski definition) is 6. The maximum absolute atomic E-state index is 13.2. The van der Waals surface area contributed by atoms with Gasteiger partial charge in [0, 0.05) is 11.4 Å². The molecule has 0 bridgehead atoms. The summed E-state index contributed by atoms with van der Waals surface area (Å²) in [5, 5.41) is 8.99. The molecule has 2 atom stereocenters. The summed E-state index contributed by atoms with van der Waals surface area (Å²) in [5.41, 5.74) is 3.93. The standard InChI is InChI=1S/C31H32N2O4S/c1-36-30(34)19-26-18-27(33(31(26)35)17-3-4-22-7-15-29(38-2)16-8-22)21-37-28-13-11-25(12-14-28)24-9-5-23(20-32)6-10-24/h5-16,26-27H,3-4,17-19,21H2,1-2H3/t26-,27-/m0/s1. The number of likely N-dealkylation sites (tertiary alicyclic amines) is 1. The van der Waals surface area contributed by atoms with Crippen molar-refractivity contribution in [1.29, 1.82) is 5.26 Å². The Bertz CT molecular complexity index is 1270. The zero-order valence-corrected chi connectivity index (χ0v) is 22.6. The molecule has 1 saturated heterocycles. The van der Waals surface area contributed by atoms with Gasteiger partial charge in [-0.3, -0.25) is 9.59 Å². The van der Waals surface area contributed by atoms with Gasteiger partial charge >= 0.3 is 5.97 Å². The predicted molar refractivity (Wildman–Crippen MR) is 149 cm³/mol. The quantitative estimate of drug-likeness (QED) is 0.233. The summed E-state index contributed by atoms with van der Waals surface area (Å²) in [5.74, 6) is -0.0224. The fourth-order valence-electron chi connectivity index (χ4n) is 4.80. The molecule has 4 rings (SSSR count). The van der Waals surface area contributed by atoms with Gasteiger partial charge in [-0.25, -0.2) is 0 Å². The molecular formula is C31H32N2O4S. The molecule has 0 unspecified atom stereocenters. The molecule has 38 heavy (non-hydrogen) atoms. The maximum Gasteiger partial charge on any atom is 0.306 e. The molecule has 196 valence electrons. The molecule has 7 heteroatoms. The van der Waals surface area contributed by atoms with E-state index in [1.54, 1.807) is 23.9 Å². The van der Waals surface area contributed by atoms with Crippen LogP contribution in [0, 0.1) is 17.2 Å². The van der Waals surface area contributed by atoms with E-state index < -0.39 is 0 Å². The van der Waals surface area contributed by atoms with Crippen LogP contribution in [-0.2, 0) is 20.7 Å². The first-order valence-corrected chi connectivity index (χ1v) is 14.0. The van der Waals surface area contributed by atoms with Crippen molar-refractivity contribution in [2.45, 2.75) is 36.6 Å². The molecule has 1 fully saturated rings. The minimum Gasteiger partial charge on any atom is -0.491 e. The number of carbonyl (C=O) groups excluding carboxylic acids is 2. The van der Waals surface area contributed by atoms with Crippen molar-refractivity contribution in [2.24, 2.45) is 5.92 Å². The number of rotatable bonds is 11. The van der Waals surface area contributed by atoms with Gasteiger partial charge in [0.1, 0.15) is 12.4 Å². The van der Waals surface area contributed by atoms with Gasteiger partial charge < -0.3 is 14.4 Å². The number of nitrogens with zero attached hydrogens (tertiary/aromatic N) is 2. The Balaban J connectivity index is 1.37. The number of amides is 1. The van der Waals surface area contributed by atoms with Crippen LogP contribution in [0.15, 0.2) is 77.7 Å². The monoisotopic (exact) mass is 528 g/mol. The number of aryl methyl sites for hydroxylation is 1. The number of hydrogen-bond donors (Lipinski definition) is 0. The van der Waals surface area contributed by atoms with Crippen LogP contribution in [0.25, 0.3) is 11.1 Å². The van der Waals surface area contributed by atoms with Gasteiger partial charge in [0.15, 0.2) is 0 Å². The van der Waals surface area contributed by atoms with Crippen LogP contribution >= 0.6 is 11.8 Å². The smallest absolute Gasteiger partial charge is 0.306 e. The Hall–Kier alpha value is -3.76. The number of ether oxygens (including phenoxy) is 2. The Morgan fingerprint density at radius 2 is 1.68 bits per heavy atom. The molecular weight excluding hydrogens is 496 g/mol. The maximum atomic E-state index is 13.2. The van der Waals surface area contributed by atoms with Gasteiger partial charge in [-0.2, -0.15) is 5.26 Å². The first kappa shape index (κ1) is 27.3. The average molecular weight is 529 g/mol. The highest BCUT2D eigenvalue weighted by atomic mass is 32.2. The second-order valence-corrected chi connectivity index (χ2v) is 10.3. The van der Waals surface area contributed by atoms with Crippen molar-refractivity contribution in [3.63, 3.8) is 0 Å². The molecule has 0 aliphatic carbocycles. The van der Waals surface area contributed by atoms with E-state index in [1.165, 1.54) is 17.6 Å². The lowest BCUT2D eigenvalue weighted by Crippen LogP contribution is -2.38. The minimum atomic E-state index is -0.379. The molecule has 3 aromatic rings. The second kappa shape index (κ2) is 13.2. The summed E-state index contributed by atoms with van der Waals surface area (Å²) in [7, 11) is 1.35. The topological polar surface area (TPSA) is 79.6 Å². The highest BCUT2D eigenvalue weighted by Crippen LogP contribution is 2.30. The molecule has 1 heterocycles. The molecule has 0 N–H and O–H groups in total. The molecule has 6 nitrogen and oxygen atoms in total. The highest BCUT2D eigenvalue weighted by Gasteiger charge is 2.40. The van der Waals surface area contributed by atoms with Crippen molar-refractivity contribution in [3.05, 3.63) is 83.9 Å². The SMILES string of the molecule is COC(=O)C[C@@H]1C[C@@H](COc2ccc(-c3ccc(C#N)cc3)cc2)N(CCCc2ccc(SC)cc2)C1=O. The van der Waals surface area contributed by atoms with Crippen LogP contribution < -0.4 is 4.74 Å². The van der Waals surface area contributed by atoms with E-state index in [-0.39, 0.29) is 30.3 Å². The summed E-state index contributed by atoms with van der Waals surface area (Å²) in [6.45, 7) is 0.981. The molecule has 1 aliphatic rings. The molecule has 1 amide bonds. The number of methoxy groups -OCH3 is 1. The third-order valence-corrected chi connectivity index (χ3v) is 7.68. The zero-order valence-electron chi connectivity index (χ0n) is 21.8. The van der Waals surface area contributed by atoms with Gasteiger partial charge in [-0.1, -0.05) is 36.4 Å². The van der Waals surface area contributed by atoms with Crippen LogP contribution in [0.5, 0.6) is 5.75 Å². The first-order chi connectivity index (χ1) is 18.5. The number of carbonyl (C=O) groups is 2. The van der Waals surface area contributed by atoms with Gasteiger partial charge in [0.05, 0.1) is 37.1 Å². The largest absolute Gasteiger partial charge is 0.491 e. The number of esters is 1. The minimum absolute atomic E-state index is 0.00195. The molecule has 0 spiro atoms. The first-order valence-electron chi connectivity index (χ1n) is 12.7. The molecule has 0 saturated carbocycles. The zero-order chi connectivity index (χ0) is 26.9. The normalized spacial score (nSPS) is 16.8. The Morgan fingerprint density at radius 1 is 1.03 bits per heavy atom. The predicted octanol–water partition coefficient (Wildman–Crippen LogP) is 5.74. The average Bonchev–Trinajstić information content (AvgIpc) is 3.26. The van der Waals surface area contributed by atoms with Crippen LogP contribution in [0.3, 0.4) is 0 Å². The van der Waals surface area contributed by atoms with Crippen molar-refractivity contribution >= 4 is 23.6 Å². The van der Waals surface area contributed by atoms with E-state index in [2.05, 4.69) is 36.6 Å². The third-order valence-electron chi connectivity index (χ3n) is 6.94. The Kier molecular flexibility index (Phi) is 9.45. The third kappa shape index (κ3) is 6.96. The van der Waals surface area contributed by atoms with E-state index in [0.29, 0.717) is 25.1 Å². The van der Waals surface area contributed by atoms with Crippen LogP contribution in [0.1, 0.15) is 30.4 Å². The molecule has 1 aliphatic heterocycles. The van der Waals surface area contributed by atoms with Crippen molar-refractivity contribution in [3.8, 4) is 22.9 Å². The fourth-order valence-corrected chi connectivity index (χ4v) is 5.20. The van der Waals surface area contributed by atoms with Gasteiger partial charge in [-0.15, -0.1) is 11.8 Å². The Labute approximate surface area is 228 Å². The van der Waals surface area contributed by atoms with Crippen molar-refractivity contribution in [2.75, 3.05) is 26.5 Å². The summed E-state index contributed by atoms with van der Waals surface area (Å²) >= 11 is 1.72. The number of benzene rings is 3. The lowest BCUT2D eigenvalue weighted by Gasteiger charge is -2.25. The summed E-state index contributed by atoms with van der Waals surface area (Å²) in [4.78, 5) is 28.2. The second-order valence-electron chi connectivity index (χ2n) is 9.37. The van der Waals surface area contributed by atoms with Crippen LogP contribution in [-0.4, -0.2) is 49.3 Å². The van der Waals surface area contributed by atoms with E-state index in [1.807, 2.05) is 41.3 Å². The summed E-state index contributed by atoms with van der Waals surface area (Å²) in [6, 6.07) is 25.8. The summed E-state index contributed by atoms with van der Waals surface area (Å²) in [6.07, 6.45) is 4.44. The van der Waals surface area contributed by atoms with Crippen molar-refractivity contribution < 1.29 is 19.1 Å². The van der Waals surface area contributed by atoms with Gasteiger partial charge in [0.2, 0.25) is 5.91 Å². The molecule has 0 radical (unpaired) electrons. The summed E-state index contributed by atoms with van der Waals surface area (Å²) < 4.78 is 10.9. The van der Waals surface area contributed by atoms with Gasteiger partial charge in [0.25, 0.3) is 0 Å². The molecule has 0 aromatic heterocycles. The van der Waals surface area contributed by atoms with E-state index >= 15 is 0 Å². The number of nitriles is 1. The van der Waals surface area contributed by atoms with E-state index in [0.717, 1.165) is 29.7 Å². The lowest BCUT2D eigenvalue weighted by molar-refractivity contribution is -0.144. The van der Waals surface area contributed by atoms with Crippen molar-refractivity contribution in [1.82, 2.24) is 4.90 Å². The fraction of sp³-hybridized carbons (Fsp3) is 0.323. The van der Waals surface area contributed by atoms with Crippen LogP contribution in [0.4, 0.5) is 0 Å². The van der Waals surface area contributed by atoms with Crippen LogP contribution in [0.2, 0.25) is 0 Å². The van der Waals surface area contributed by atoms with E-state index in [9.17, 15) is 9.59 Å². The Morgan fingerprint density at radius 3 is 2.29 bits per heavy atom. The van der Waals surface area contributed by atoms with E-state index in [4.69, 9.17) is 14.7 Å². The number of thioether (sulfide) groups is 1. The highest BCUT2D eigenvalue weighted by molar-refractivity contribution is 7.98. The van der Waals surface area contributed by atoms with Gasteiger partial charge in [-0.05, 0) is 78.6 Å². The lowest BCUT2D eigenvalue weighted by atomic mass is 10.0.